The molecule has 7 nitrogen and oxygen atoms in total. The van der Waals surface area contributed by atoms with Crippen molar-refractivity contribution in [1.29, 1.82) is 0 Å². The van der Waals surface area contributed by atoms with Gasteiger partial charge in [0.25, 0.3) is 0 Å². The van der Waals surface area contributed by atoms with Crippen LogP contribution in [0, 0.1) is 5.92 Å². The Labute approximate surface area is 170 Å². The standard InChI is InChI=1S/C22H26N2O5/c1-14-11-12-24(14)22(23,17(13-25)21(26)27)16-9-7-15(8-10-16)20-18(28-2)5-4-6-19(20)29-3/h4-10,13-14,17H,11-12,23H2,1-3H3,(H,26,27)/t14-,17?,22?/m1/s1. The number of likely N-dealkylation sites (tertiary alicyclic amines) is 1. The summed E-state index contributed by atoms with van der Waals surface area (Å²) < 4.78 is 10.9. The molecule has 0 aliphatic carbocycles. The zero-order valence-electron chi connectivity index (χ0n) is 16.8. The number of carboxylic acids is 1. The summed E-state index contributed by atoms with van der Waals surface area (Å²) in [6.45, 7) is 2.61. The Morgan fingerprint density at radius 1 is 1.21 bits per heavy atom. The van der Waals surface area contributed by atoms with E-state index in [9.17, 15) is 14.7 Å². The van der Waals surface area contributed by atoms with Crippen LogP contribution in [0.5, 0.6) is 11.5 Å². The number of ether oxygens (including phenoxy) is 2. The summed E-state index contributed by atoms with van der Waals surface area (Å²) in [5.74, 6) is -1.30. The zero-order valence-corrected chi connectivity index (χ0v) is 16.8. The molecular weight excluding hydrogens is 372 g/mol. The van der Waals surface area contributed by atoms with E-state index in [1.807, 2.05) is 42.2 Å². The molecule has 1 fully saturated rings. The van der Waals surface area contributed by atoms with Crippen LogP contribution in [0.15, 0.2) is 42.5 Å². The Balaban J connectivity index is 2.08. The molecule has 2 unspecified atom stereocenters. The highest BCUT2D eigenvalue weighted by atomic mass is 16.5. The van der Waals surface area contributed by atoms with Crippen molar-refractivity contribution in [3.8, 4) is 22.6 Å². The van der Waals surface area contributed by atoms with Gasteiger partial charge in [-0.2, -0.15) is 0 Å². The van der Waals surface area contributed by atoms with E-state index in [0.29, 0.717) is 29.9 Å². The topological polar surface area (TPSA) is 102 Å². The minimum Gasteiger partial charge on any atom is -0.496 e. The second kappa shape index (κ2) is 8.23. The summed E-state index contributed by atoms with van der Waals surface area (Å²) in [6, 6.07) is 12.8. The van der Waals surface area contributed by atoms with Crippen LogP contribution in [0.25, 0.3) is 11.1 Å². The summed E-state index contributed by atoms with van der Waals surface area (Å²) in [6.07, 6.45) is 1.32. The molecule has 154 valence electrons. The van der Waals surface area contributed by atoms with Crippen molar-refractivity contribution in [2.45, 2.75) is 25.0 Å². The van der Waals surface area contributed by atoms with Crippen molar-refractivity contribution in [2.75, 3.05) is 20.8 Å². The fourth-order valence-corrected chi connectivity index (χ4v) is 3.98. The first kappa shape index (κ1) is 20.8. The number of carbonyl (C=O) groups is 2. The Hall–Kier alpha value is -2.90. The van der Waals surface area contributed by atoms with E-state index < -0.39 is 17.6 Å². The molecule has 2 aromatic rings. The highest BCUT2D eigenvalue weighted by Gasteiger charge is 2.50. The Bertz CT molecular complexity index is 876. The van der Waals surface area contributed by atoms with Crippen LogP contribution in [0.4, 0.5) is 0 Å². The van der Waals surface area contributed by atoms with Crippen LogP contribution < -0.4 is 15.2 Å². The van der Waals surface area contributed by atoms with Crippen molar-refractivity contribution in [2.24, 2.45) is 11.7 Å². The van der Waals surface area contributed by atoms with Gasteiger partial charge in [-0.3, -0.25) is 9.69 Å². The van der Waals surface area contributed by atoms with Crippen molar-refractivity contribution in [1.82, 2.24) is 4.90 Å². The Morgan fingerprint density at radius 2 is 1.79 bits per heavy atom. The van der Waals surface area contributed by atoms with Crippen LogP contribution in [-0.2, 0) is 15.3 Å². The van der Waals surface area contributed by atoms with E-state index in [4.69, 9.17) is 15.2 Å². The van der Waals surface area contributed by atoms with Crippen LogP contribution in [-0.4, -0.2) is 49.1 Å². The number of methoxy groups -OCH3 is 2. The van der Waals surface area contributed by atoms with Crippen molar-refractivity contribution < 1.29 is 24.2 Å². The van der Waals surface area contributed by atoms with E-state index in [1.165, 1.54) is 0 Å². The second-order valence-electron chi connectivity index (χ2n) is 7.22. The zero-order chi connectivity index (χ0) is 21.2. The SMILES string of the molecule is COc1cccc(OC)c1-c1ccc(C(N)(C(C=O)C(=O)O)N2CC[C@H]2C)cc1. The van der Waals surface area contributed by atoms with Crippen LogP contribution >= 0.6 is 0 Å². The lowest BCUT2D eigenvalue weighted by Gasteiger charge is -2.52. The van der Waals surface area contributed by atoms with Gasteiger partial charge in [-0.15, -0.1) is 0 Å². The summed E-state index contributed by atoms with van der Waals surface area (Å²) in [7, 11) is 3.18. The smallest absolute Gasteiger partial charge is 0.317 e. The number of rotatable bonds is 8. The predicted octanol–water partition coefficient (Wildman–Crippen LogP) is 2.48. The molecule has 0 amide bonds. The molecule has 3 atom stereocenters. The average Bonchev–Trinajstić information content (AvgIpc) is 2.72. The molecule has 1 aliphatic heterocycles. The van der Waals surface area contributed by atoms with Gasteiger partial charge in [-0.25, -0.2) is 0 Å². The van der Waals surface area contributed by atoms with E-state index in [2.05, 4.69) is 0 Å². The van der Waals surface area contributed by atoms with Gasteiger partial charge in [0, 0.05) is 12.6 Å². The summed E-state index contributed by atoms with van der Waals surface area (Å²) in [4.78, 5) is 25.3. The molecular formula is C22H26N2O5. The van der Waals surface area contributed by atoms with E-state index in [0.717, 1.165) is 17.5 Å². The first-order valence-corrected chi connectivity index (χ1v) is 9.44. The molecule has 3 N–H and O–H groups in total. The first-order valence-electron chi connectivity index (χ1n) is 9.44. The first-order chi connectivity index (χ1) is 13.9. The van der Waals surface area contributed by atoms with E-state index in [-0.39, 0.29) is 6.04 Å². The van der Waals surface area contributed by atoms with E-state index >= 15 is 0 Å². The number of benzene rings is 2. The van der Waals surface area contributed by atoms with Gasteiger partial charge in [-0.05, 0) is 36.6 Å². The average molecular weight is 398 g/mol. The number of aldehydes is 1. The molecule has 2 aromatic carbocycles. The van der Waals surface area contributed by atoms with Crippen molar-refractivity contribution >= 4 is 12.3 Å². The minimum atomic E-state index is -1.42. The summed E-state index contributed by atoms with van der Waals surface area (Å²) in [5, 5.41) is 9.62. The monoisotopic (exact) mass is 398 g/mol. The molecule has 29 heavy (non-hydrogen) atoms. The maximum atomic E-state index is 11.8. The third kappa shape index (κ3) is 3.47. The number of hydrogen-bond acceptors (Lipinski definition) is 6. The lowest BCUT2D eigenvalue weighted by atomic mass is 9.81. The highest BCUT2D eigenvalue weighted by Crippen LogP contribution is 2.41. The van der Waals surface area contributed by atoms with Crippen molar-refractivity contribution in [3.63, 3.8) is 0 Å². The summed E-state index contributed by atoms with van der Waals surface area (Å²) >= 11 is 0. The lowest BCUT2D eigenvalue weighted by molar-refractivity contribution is -0.155. The fraction of sp³-hybridized carbons (Fsp3) is 0.364. The van der Waals surface area contributed by atoms with Crippen LogP contribution in [0.2, 0.25) is 0 Å². The predicted molar refractivity (Wildman–Crippen MR) is 109 cm³/mol. The van der Waals surface area contributed by atoms with Gasteiger partial charge in [0.2, 0.25) is 0 Å². The lowest BCUT2D eigenvalue weighted by Crippen LogP contribution is -2.67. The Kier molecular flexibility index (Phi) is 5.91. The van der Waals surface area contributed by atoms with Gasteiger partial charge in [-0.1, -0.05) is 30.3 Å². The molecule has 7 heteroatoms. The van der Waals surface area contributed by atoms with Crippen molar-refractivity contribution in [3.05, 3.63) is 48.0 Å². The maximum absolute atomic E-state index is 11.8. The minimum absolute atomic E-state index is 0.0933. The van der Waals surface area contributed by atoms with Gasteiger partial charge >= 0.3 is 5.97 Å². The fourth-order valence-electron chi connectivity index (χ4n) is 3.98. The van der Waals surface area contributed by atoms with Crippen LogP contribution in [0.1, 0.15) is 18.9 Å². The maximum Gasteiger partial charge on any atom is 0.317 e. The number of nitrogens with zero attached hydrogens (tertiary/aromatic N) is 1. The van der Waals surface area contributed by atoms with Gasteiger partial charge in [0.05, 0.1) is 19.8 Å². The van der Waals surface area contributed by atoms with Gasteiger partial charge in [0.15, 0.2) is 0 Å². The van der Waals surface area contributed by atoms with Crippen LogP contribution in [0.3, 0.4) is 0 Å². The van der Waals surface area contributed by atoms with Gasteiger partial charge < -0.3 is 25.1 Å². The molecule has 0 bridgehead atoms. The Morgan fingerprint density at radius 3 is 2.17 bits per heavy atom. The molecule has 0 spiro atoms. The highest BCUT2D eigenvalue weighted by molar-refractivity contribution is 5.88. The quantitative estimate of drug-likeness (QED) is 0.520. The number of carboxylic acid groups (broad SMARTS) is 1. The molecule has 0 aromatic heterocycles. The second-order valence-corrected chi connectivity index (χ2v) is 7.22. The normalized spacial score (nSPS) is 19.5. The molecule has 1 saturated heterocycles. The molecule has 0 saturated carbocycles. The molecule has 3 rings (SSSR count). The number of carbonyl (C=O) groups excluding carboxylic acids is 1. The van der Waals surface area contributed by atoms with E-state index in [1.54, 1.807) is 26.4 Å². The number of aliphatic carboxylic acids is 1. The molecule has 1 aliphatic rings. The molecule has 0 radical (unpaired) electrons. The number of hydrogen-bond donors (Lipinski definition) is 2. The molecule has 1 heterocycles. The largest absolute Gasteiger partial charge is 0.496 e. The summed E-state index contributed by atoms with van der Waals surface area (Å²) in [5.41, 5.74) is 7.40. The van der Waals surface area contributed by atoms with Gasteiger partial charge in [0.1, 0.15) is 29.4 Å². The third-order valence-electron chi connectivity index (χ3n) is 5.74. The number of nitrogens with two attached hydrogens (primary N) is 1. The third-order valence-corrected chi connectivity index (χ3v) is 5.74.